The Balaban J connectivity index is 1.67. The number of amides is 1. The minimum atomic E-state index is -3.39. The lowest BCUT2D eigenvalue weighted by atomic mass is 10.1. The van der Waals surface area contributed by atoms with Crippen LogP contribution in [-0.2, 0) is 10.0 Å². The minimum Gasteiger partial charge on any atom is -0.322 e. The third-order valence-corrected chi connectivity index (χ3v) is 7.44. The van der Waals surface area contributed by atoms with Crippen LogP contribution in [0.5, 0.6) is 0 Å². The van der Waals surface area contributed by atoms with Crippen molar-refractivity contribution in [3.8, 4) is 11.4 Å². The molecule has 31 heavy (non-hydrogen) atoms. The summed E-state index contributed by atoms with van der Waals surface area (Å²) in [6, 6.07) is 9.87. The smallest absolute Gasteiger partial charge is 0.257 e. The summed E-state index contributed by atoms with van der Waals surface area (Å²) in [7, 11) is -3.39. The van der Waals surface area contributed by atoms with Gasteiger partial charge in [0.15, 0.2) is 5.82 Å². The second-order valence-electron chi connectivity index (χ2n) is 7.12. The maximum Gasteiger partial charge on any atom is 0.257 e. The zero-order valence-corrected chi connectivity index (χ0v) is 18.8. The van der Waals surface area contributed by atoms with E-state index in [1.165, 1.54) is 10.4 Å². The van der Waals surface area contributed by atoms with E-state index < -0.39 is 15.9 Å². The summed E-state index contributed by atoms with van der Waals surface area (Å²) < 4.78 is 25.9. The van der Waals surface area contributed by atoms with Crippen molar-refractivity contribution in [2.24, 2.45) is 0 Å². The first-order valence-electron chi connectivity index (χ1n) is 9.44. The highest BCUT2D eigenvalue weighted by atomic mass is 35.5. The maximum absolute atomic E-state index is 13.0. The first-order valence-corrected chi connectivity index (χ1v) is 11.8. The molecule has 1 aliphatic rings. The van der Waals surface area contributed by atoms with Gasteiger partial charge in [0, 0.05) is 35.2 Å². The van der Waals surface area contributed by atoms with Gasteiger partial charge in [0.1, 0.15) is 0 Å². The van der Waals surface area contributed by atoms with Gasteiger partial charge in [-0.05, 0) is 55.3 Å². The number of aromatic nitrogens is 2. The summed E-state index contributed by atoms with van der Waals surface area (Å²) in [6.45, 7) is 2.11. The lowest BCUT2D eigenvalue weighted by molar-refractivity contribution is 0.102. The molecule has 2 aromatic carbocycles. The molecule has 1 N–H and O–H groups in total. The van der Waals surface area contributed by atoms with E-state index in [1.54, 1.807) is 49.6 Å². The SMILES string of the molecule is Cc1cc(N2CCCS2(=O)=O)cc(C(=O)Nc2cc(Cl)cc(-c3ncccn3)c2)c1Cl. The zero-order chi connectivity index (χ0) is 22.2. The number of rotatable bonds is 4. The van der Waals surface area contributed by atoms with Crippen LogP contribution < -0.4 is 9.62 Å². The van der Waals surface area contributed by atoms with Gasteiger partial charge < -0.3 is 5.32 Å². The number of benzene rings is 2. The Hall–Kier alpha value is -2.68. The standard InChI is InChI=1S/C21H18Cl2N4O3S/c1-13-8-17(27-6-3-7-31(27,29)30)12-18(19(13)23)21(28)26-16-10-14(9-15(22)11-16)20-24-4-2-5-25-20/h2,4-5,8-12H,3,6-7H2,1H3,(H,26,28). The Labute approximate surface area is 190 Å². The number of carbonyl (C=O) groups excluding carboxylic acids is 1. The molecule has 160 valence electrons. The lowest BCUT2D eigenvalue weighted by Gasteiger charge is -2.19. The van der Waals surface area contributed by atoms with Gasteiger partial charge in [-0.15, -0.1) is 0 Å². The van der Waals surface area contributed by atoms with Crippen LogP contribution in [0.25, 0.3) is 11.4 Å². The van der Waals surface area contributed by atoms with Crippen LogP contribution in [0.2, 0.25) is 10.0 Å². The number of halogens is 2. The summed E-state index contributed by atoms with van der Waals surface area (Å²) in [5, 5.41) is 3.44. The molecule has 0 unspecified atom stereocenters. The van der Waals surface area contributed by atoms with E-state index in [2.05, 4.69) is 15.3 Å². The molecule has 2 heterocycles. The molecule has 3 aromatic rings. The molecule has 0 radical (unpaired) electrons. The Kier molecular flexibility index (Phi) is 5.88. The van der Waals surface area contributed by atoms with Crippen molar-refractivity contribution in [2.45, 2.75) is 13.3 Å². The van der Waals surface area contributed by atoms with Crippen LogP contribution in [-0.4, -0.2) is 36.6 Å². The average Bonchev–Trinajstić information content (AvgIpc) is 3.09. The zero-order valence-electron chi connectivity index (χ0n) is 16.5. The van der Waals surface area contributed by atoms with Crippen molar-refractivity contribution in [3.05, 3.63) is 70.0 Å². The molecule has 4 rings (SSSR count). The highest BCUT2D eigenvalue weighted by Crippen LogP contribution is 2.32. The van der Waals surface area contributed by atoms with Crippen molar-refractivity contribution in [1.29, 1.82) is 0 Å². The fourth-order valence-corrected chi connectivity index (χ4v) is 5.40. The molecule has 0 spiro atoms. The van der Waals surface area contributed by atoms with Crippen LogP contribution in [0.15, 0.2) is 48.8 Å². The number of hydrogen-bond donors (Lipinski definition) is 1. The van der Waals surface area contributed by atoms with Crippen LogP contribution in [0.3, 0.4) is 0 Å². The van der Waals surface area contributed by atoms with Crippen molar-refractivity contribution < 1.29 is 13.2 Å². The summed E-state index contributed by atoms with van der Waals surface area (Å²) in [4.78, 5) is 21.4. The molecule has 10 heteroatoms. The molecule has 0 saturated carbocycles. The molecule has 1 saturated heterocycles. The summed E-state index contributed by atoms with van der Waals surface area (Å²) in [6.07, 6.45) is 3.77. The highest BCUT2D eigenvalue weighted by molar-refractivity contribution is 7.93. The Morgan fingerprint density at radius 1 is 1.10 bits per heavy atom. The molecule has 0 aliphatic carbocycles. The second kappa shape index (κ2) is 8.45. The van der Waals surface area contributed by atoms with E-state index in [4.69, 9.17) is 23.2 Å². The Bertz CT molecular complexity index is 1270. The Morgan fingerprint density at radius 3 is 2.52 bits per heavy atom. The van der Waals surface area contributed by atoms with Gasteiger partial charge in [0.25, 0.3) is 5.91 Å². The largest absolute Gasteiger partial charge is 0.322 e. The molecule has 0 atom stereocenters. The number of aryl methyl sites for hydroxylation is 1. The van der Waals surface area contributed by atoms with E-state index in [0.29, 0.717) is 46.3 Å². The molecule has 1 aromatic heterocycles. The molecule has 1 aliphatic heterocycles. The van der Waals surface area contributed by atoms with Gasteiger partial charge in [0.05, 0.1) is 22.0 Å². The molecule has 7 nitrogen and oxygen atoms in total. The monoisotopic (exact) mass is 476 g/mol. The molecule has 1 fully saturated rings. The summed E-state index contributed by atoms with van der Waals surface area (Å²) >= 11 is 12.6. The van der Waals surface area contributed by atoms with Crippen LogP contribution in [0.4, 0.5) is 11.4 Å². The molecule has 0 bridgehead atoms. The van der Waals surface area contributed by atoms with Crippen LogP contribution >= 0.6 is 23.2 Å². The number of nitrogens with zero attached hydrogens (tertiary/aromatic N) is 3. The van der Waals surface area contributed by atoms with Gasteiger partial charge in [-0.25, -0.2) is 18.4 Å². The molecular formula is C21H18Cl2N4O3S. The normalized spacial score (nSPS) is 15.1. The van der Waals surface area contributed by atoms with Crippen molar-refractivity contribution in [2.75, 3.05) is 21.9 Å². The minimum absolute atomic E-state index is 0.0864. The summed E-state index contributed by atoms with van der Waals surface area (Å²) in [5.74, 6) is 0.0765. The number of hydrogen-bond acceptors (Lipinski definition) is 5. The predicted octanol–water partition coefficient (Wildman–Crippen LogP) is 4.55. The van der Waals surface area contributed by atoms with Gasteiger partial charge >= 0.3 is 0 Å². The fraction of sp³-hybridized carbons (Fsp3) is 0.190. The van der Waals surface area contributed by atoms with E-state index in [9.17, 15) is 13.2 Å². The van der Waals surface area contributed by atoms with E-state index in [-0.39, 0.29) is 16.3 Å². The number of carbonyl (C=O) groups is 1. The number of anilines is 2. The third kappa shape index (κ3) is 4.51. The van der Waals surface area contributed by atoms with Crippen molar-refractivity contribution in [3.63, 3.8) is 0 Å². The average molecular weight is 477 g/mol. The second-order valence-corrected chi connectivity index (χ2v) is 9.95. The van der Waals surface area contributed by atoms with Gasteiger partial charge in [-0.1, -0.05) is 23.2 Å². The first-order chi connectivity index (χ1) is 14.7. The van der Waals surface area contributed by atoms with Crippen molar-refractivity contribution >= 4 is 50.5 Å². The van der Waals surface area contributed by atoms with Gasteiger partial charge in [-0.2, -0.15) is 0 Å². The number of sulfonamides is 1. The highest BCUT2D eigenvalue weighted by Gasteiger charge is 2.29. The predicted molar refractivity (Wildman–Crippen MR) is 122 cm³/mol. The third-order valence-electron chi connectivity index (χ3n) is 4.85. The fourth-order valence-electron chi connectivity index (χ4n) is 3.43. The topological polar surface area (TPSA) is 92.3 Å². The van der Waals surface area contributed by atoms with E-state index in [0.717, 1.165) is 0 Å². The lowest BCUT2D eigenvalue weighted by Crippen LogP contribution is -2.25. The maximum atomic E-state index is 13.0. The molecular weight excluding hydrogens is 459 g/mol. The Morgan fingerprint density at radius 2 is 1.84 bits per heavy atom. The van der Waals surface area contributed by atoms with Crippen molar-refractivity contribution in [1.82, 2.24) is 9.97 Å². The van der Waals surface area contributed by atoms with E-state index in [1.807, 2.05) is 0 Å². The van der Waals surface area contributed by atoms with Gasteiger partial charge in [-0.3, -0.25) is 9.10 Å². The van der Waals surface area contributed by atoms with Crippen LogP contribution in [0, 0.1) is 6.92 Å². The van der Waals surface area contributed by atoms with Crippen LogP contribution in [0.1, 0.15) is 22.3 Å². The van der Waals surface area contributed by atoms with Gasteiger partial charge in [0.2, 0.25) is 10.0 Å². The summed E-state index contributed by atoms with van der Waals surface area (Å²) in [5.41, 5.74) is 2.29. The first kappa shape index (κ1) is 21.5. The number of nitrogens with one attached hydrogen (secondary N) is 1. The molecule has 1 amide bonds. The quantitative estimate of drug-likeness (QED) is 0.595. The van der Waals surface area contributed by atoms with E-state index >= 15 is 0 Å².